The van der Waals surface area contributed by atoms with Gasteiger partial charge in [-0.25, -0.2) is 9.97 Å². The Morgan fingerprint density at radius 2 is 1.88 bits per heavy atom. The number of hydrogen-bond acceptors (Lipinski definition) is 8. The highest BCUT2D eigenvalue weighted by atomic mass is 16.5. The number of nitrogens with two attached hydrogens (primary N) is 1. The second-order valence-electron chi connectivity index (χ2n) is 8.20. The molecule has 1 atom stereocenters. The molecular weight excluding hydrogens is 434 g/mol. The van der Waals surface area contributed by atoms with Crippen LogP contribution in [0.3, 0.4) is 0 Å². The van der Waals surface area contributed by atoms with Gasteiger partial charge in [0.2, 0.25) is 5.91 Å². The third kappa shape index (κ3) is 4.51. The van der Waals surface area contributed by atoms with Crippen molar-refractivity contribution in [2.75, 3.05) is 46.3 Å². The smallest absolute Gasteiger partial charge is 0.225 e. The van der Waals surface area contributed by atoms with Crippen molar-refractivity contribution in [2.45, 2.75) is 13.3 Å². The van der Waals surface area contributed by atoms with Crippen LogP contribution in [0.1, 0.15) is 19.2 Å². The van der Waals surface area contributed by atoms with Crippen molar-refractivity contribution in [1.29, 1.82) is 5.41 Å². The molecule has 2 heterocycles. The summed E-state index contributed by atoms with van der Waals surface area (Å²) in [7, 11) is 3.13. The maximum absolute atomic E-state index is 12.8. The van der Waals surface area contributed by atoms with Gasteiger partial charge >= 0.3 is 0 Å². The summed E-state index contributed by atoms with van der Waals surface area (Å²) in [5.41, 5.74) is 8.72. The molecule has 0 saturated carbocycles. The van der Waals surface area contributed by atoms with Crippen molar-refractivity contribution in [3.63, 3.8) is 0 Å². The summed E-state index contributed by atoms with van der Waals surface area (Å²) >= 11 is 0. The SMILES string of the molecule is COc1cc2nc(C(=N)C[C@H](C)C(=O)N3CCOCC3)nc(N)c2c(-c2ccccc2)c1OC. The molecule has 9 heteroatoms. The molecule has 1 saturated heterocycles. The lowest BCUT2D eigenvalue weighted by atomic mass is 9.98. The van der Waals surface area contributed by atoms with E-state index in [0.29, 0.717) is 48.7 Å². The van der Waals surface area contributed by atoms with Crippen molar-refractivity contribution < 1.29 is 19.0 Å². The Balaban J connectivity index is 1.72. The quantitative estimate of drug-likeness (QED) is 0.516. The van der Waals surface area contributed by atoms with Crippen LogP contribution in [-0.4, -0.2) is 67.0 Å². The van der Waals surface area contributed by atoms with Crippen LogP contribution in [0.15, 0.2) is 36.4 Å². The third-order valence-electron chi connectivity index (χ3n) is 5.94. The zero-order valence-electron chi connectivity index (χ0n) is 19.6. The first-order valence-electron chi connectivity index (χ1n) is 11.2. The molecule has 0 aliphatic carbocycles. The summed E-state index contributed by atoms with van der Waals surface area (Å²) in [5.74, 6) is 1.08. The lowest BCUT2D eigenvalue weighted by Crippen LogP contribution is -2.43. The van der Waals surface area contributed by atoms with Gasteiger partial charge in [0, 0.05) is 37.1 Å². The summed E-state index contributed by atoms with van der Waals surface area (Å²) in [6, 6.07) is 11.4. The Kier molecular flexibility index (Phi) is 6.93. The number of methoxy groups -OCH3 is 2. The van der Waals surface area contributed by atoms with Gasteiger partial charge in [0.15, 0.2) is 17.3 Å². The van der Waals surface area contributed by atoms with E-state index in [2.05, 4.69) is 9.97 Å². The largest absolute Gasteiger partial charge is 0.493 e. The number of morpholine rings is 1. The van der Waals surface area contributed by atoms with Crippen LogP contribution in [0.4, 0.5) is 5.82 Å². The van der Waals surface area contributed by atoms with Gasteiger partial charge in [0.05, 0.1) is 44.0 Å². The Bertz CT molecular complexity index is 1210. The number of hydrogen-bond donors (Lipinski definition) is 2. The average molecular weight is 464 g/mol. The third-order valence-corrected chi connectivity index (χ3v) is 5.94. The zero-order valence-corrected chi connectivity index (χ0v) is 19.6. The molecule has 4 rings (SSSR count). The van der Waals surface area contributed by atoms with Crippen molar-refractivity contribution in [1.82, 2.24) is 14.9 Å². The van der Waals surface area contributed by atoms with Gasteiger partial charge in [-0.15, -0.1) is 0 Å². The van der Waals surface area contributed by atoms with E-state index in [-0.39, 0.29) is 35.6 Å². The maximum atomic E-state index is 12.8. The van der Waals surface area contributed by atoms with Crippen LogP contribution in [0.2, 0.25) is 0 Å². The molecule has 1 amide bonds. The number of nitrogens with one attached hydrogen (secondary N) is 1. The van der Waals surface area contributed by atoms with E-state index in [4.69, 9.17) is 25.4 Å². The van der Waals surface area contributed by atoms with Crippen molar-refractivity contribution >= 4 is 28.3 Å². The van der Waals surface area contributed by atoms with Crippen LogP contribution in [0.25, 0.3) is 22.0 Å². The summed E-state index contributed by atoms with van der Waals surface area (Å²) in [5, 5.41) is 9.23. The molecule has 34 heavy (non-hydrogen) atoms. The molecule has 0 bridgehead atoms. The fraction of sp³-hybridized carbons (Fsp3) is 0.360. The maximum Gasteiger partial charge on any atom is 0.225 e. The summed E-state index contributed by atoms with van der Waals surface area (Å²) in [4.78, 5) is 23.6. The van der Waals surface area contributed by atoms with Crippen molar-refractivity contribution in [3.05, 3.63) is 42.2 Å². The van der Waals surface area contributed by atoms with E-state index < -0.39 is 0 Å². The summed E-state index contributed by atoms with van der Waals surface area (Å²) in [6.07, 6.45) is 0.208. The van der Waals surface area contributed by atoms with Gasteiger partial charge in [-0.3, -0.25) is 4.79 Å². The van der Waals surface area contributed by atoms with Crippen LogP contribution >= 0.6 is 0 Å². The number of benzene rings is 2. The van der Waals surface area contributed by atoms with E-state index in [1.807, 2.05) is 37.3 Å². The molecule has 3 N–H and O–H groups in total. The number of carbonyl (C=O) groups excluding carboxylic acids is 1. The molecule has 3 aromatic rings. The lowest BCUT2D eigenvalue weighted by molar-refractivity contribution is -0.138. The number of anilines is 1. The second-order valence-corrected chi connectivity index (χ2v) is 8.20. The van der Waals surface area contributed by atoms with Gasteiger partial charge in [0.25, 0.3) is 0 Å². The second kappa shape index (κ2) is 10.0. The first-order chi connectivity index (χ1) is 16.4. The van der Waals surface area contributed by atoms with Crippen LogP contribution < -0.4 is 15.2 Å². The first-order valence-corrected chi connectivity index (χ1v) is 11.2. The summed E-state index contributed by atoms with van der Waals surface area (Å²) in [6.45, 7) is 4.03. The number of carbonyl (C=O) groups is 1. The minimum atomic E-state index is -0.378. The Hall–Kier alpha value is -3.72. The summed E-state index contributed by atoms with van der Waals surface area (Å²) < 4.78 is 16.6. The van der Waals surface area contributed by atoms with Gasteiger partial charge in [0.1, 0.15) is 5.82 Å². The number of aromatic nitrogens is 2. The molecule has 1 aliphatic heterocycles. The molecule has 1 aromatic heterocycles. The Morgan fingerprint density at radius 3 is 2.53 bits per heavy atom. The predicted octanol–water partition coefficient (Wildman–Crippen LogP) is 3.15. The van der Waals surface area contributed by atoms with E-state index >= 15 is 0 Å². The van der Waals surface area contributed by atoms with Crippen LogP contribution in [-0.2, 0) is 9.53 Å². The molecule has 1 fully saturated rings. The molecular formula is C25H29N5O4. The van der Waals surface area contributed by atoms with Gasteiger partial charge in [-0.1, -0.05) is 37.3 Å². The topological polar surface area (TPSA) is 124 Å². The number of nitrogen functional groups attached to an aromatic ring is 1. The van der Waals surface area contributed by atoms with Crippen molar-refractivity contribution in [2.24, 2.45) is 5.92 Å². The standard InChI is InChI=1S/C25H29N5O4/c1-15(25(31)30-9-11-34-12-10-30)13-17(26)24-28-18-14-19(32-2)22(33-3)20(21(18)23(27)29-24)16-7-5-4-6-8-16/h4-8,14-15,26H,9-13H2,1-3H3,(H2,27,28,29)/t15-/m0/s1. The van der Waals surface area contributed by atoms with E-state index in [1.54, 1.807) is 25.2 Å². The van der Waals surface area contributed by atoms with Crippen LogP contribution in [0.5, 0.6) is 11.5 Å². The van der Waals surface area contributed by atoms with E-state index in [9.17, 15) is 4.79 Å². The normalized spacial score (nSPS) is 14.6. The molecule has 178 valence electrons. The number of amides is 1. The van der Waals surface area contributed by atoms with Gasteiger partial charge in [-0.05, 0) is 5.56 Å². The molecule has 0 unspecified atom stereocenters. The highest BCUT2D eigenvalue weighted by Crippen LogP contribution is 2.44. The average Bonchev–Trinajstić information content (AvgIpc) is 2.87. The predicted molar refractivity (Wildman–Crippen MR) is 130 cm³/mol. The molecule has 1 aliphatic rings. The fourth-order valence-corrected chi connectivity index (χ4v) is 4.23. The monoisotopic (exact) mass is 463 g/mol. The van der Waals surface area contributed by atoms with Crippen LogP contribution in [0, 0.1) is 11.3 Å². The van der Waals surface area contributed by atoms with Crippen molar-refractivity contribution in [3.8, 4) is 22.6 Å². The number of rotatable bonds is 7. The molecule has 0 radical (unpaired) electrons. The minimum absolute atomic E-state index is 0.000388. The zero-order chi connectivity index (χ0) is 24.2. The molecule has 2 aromatic carbocycles. The Morgan fingerprint density at radius 1 is 1.18 bits per heavy atom. The molecule has 9 nitrogen and oxygen atoms in total. The fourth-order valence-electron chi connectivity index (χ4n) is 4.23. The minimum Gasteiger partial charge on any atom is -0.493 e. The lowest BCUT2D eigenvalue weighted by Gasteiger charge is -2.29. The number of nitrogens with zero attached hydrogens (tertiary/aromatic N) is 3. The van der Waals surface area contributed by atoms with E-state index in [1.165, 1.54) is 0 Å². The number of fused-ring (bicyclic) bond motifs is 1. The molecule has 0 spiro atoms. The number of ether oxygens (including phenoxy) is 3. The highest BCUT2D eigenvalue weighted by molar-refractivity contribution is 6.07. The Labute approximate surface area is 198 Å². The first kappa shape index (κ1) is 23.4. The van der Waals surface area contributed by atoms with E-state index in [0.717, 1.165) is 11.1 Å². The van der Waals surface area contributed by atoms with Gasteiger partial charge in [-0.2, -0.15) is 0 Å². The highest BCUT2D eigenvalue weighted by Gasteiger charge is 2.26. The van der Waals surface area contributed by atoms with Gasteiger partial charge < -0.3 is 30.3 Å².